The highest BCUT2D eigenvalue weighted by Gasteiger charge is 2.26. The van der Waals surface area contributed by atoms with Gasteiger partial charge in [-0.2, -0.15) is 5.10 Å². The topological polar surface area (TPSA) is 64.8 Å². The summed E-state index contributed by atoms with van der Waals surface area (Å²) in [6, 6.07) is 3.95. The fraction of sp³-hybridized carbons (Fsp3) is 0.231. The first-order valence-electron chi connectivity index (χ1n) is 5.68. The third-order valence-electron chi connectivity index (χ3n) is 2.73. The third kappa shape index (κ3) is 2.73. The van der Waals surface area contributed by atoms with Crippen LogP contribution in [0.5, 0.6) is 0 Å². The number of Topliss-reactive ketones (excluding diaryl/α,β-unsaturated/α-hetero) is 2. The van der Waals surface area contributed by atoms with Gasteiger partial charge in [0.1, 0.15) is 17.2 Å². The Hall–Kier alpha value is -2.37. The van der Waals surface area contributed by atoms with Crippen LogP contribution in [0.2, 0.25) is 0 Å². The smallest absolute Gasteiger partial charge is 0.193 e. The van der Waals surface area contributed by atoms with Gasteiger partial charge < -0.3 is 0 Å². The molecule has 0 aliphatic carbocycles. The van der Waals surface area contributed by atoms with Crippen molar-refractivity contribution in [3.8, 4) is 0 Å². The third-order valence-corrected chi connectivity index (χ3v) is 2.73. The minimum absolute atomic E-state index is 0.0678. The van der Waals surface area contributed by atoms with Crippen LogP contribution in [0.25, 0.3) is 0 Å². The second-order valence-electron chi connectivity index (χ2n) is 4.19. The second kappa shape index (κ2) is 5.09. The molecular formula is C13H12FN3O2. The molecule has 1 unspecified atom stereocenters. The number of hydrogen-bond acceptors (Lipinski definition) is 4. The lowest BCUT2D eigenvalue weighted by molar-refractivity contribution is 0.0814. The molecule has 5 nitrogen and oxygen atoms in total. The number of hydrogen-bond donors (Lipinski definition) is 0. The van der Waals surface area contributed by atoms with Gasteiger partial charge in [0, 0.05) is 13.2 Å². The van der Waals surface area contributed by atoms with Crippen molar-refractivity contribution >= 4 is 11.6 Å². The average Bonchev–Trinajstić information content (AvgIpc) is 2.84. The number of carbonyl (C=O) groups is 2. The van der Waals surface area contributed by atoms with Crippen molar-refractivity contribution in [2.24, 2.45) is 13.0 Å². The maximum absolute atomic E-state index is 12.7. The Morgan fingerprint density at radius 3 is 2.42 bits per heavy atom. The van der Waals surface area contributed by atoms with Gasteiger partial charge in [-0.1, -0.05) is 0 Å². The van der Waals surface area contributed by atoms with E-state index in [1.165, 1.54) is 17.7 Å². The van der Waals surface area contributed by atoms with E-state index in [2.05, 4.69) is 10.1 Å². The van der Waals surface area contributed by atoms with E-state index in [4.69, 9.17) is 0 Å². The van der Waals surface area contributed by atoms with Crippen LogP contribution < -0.4 is 0 Å². The fourth-order valence-corrected chi connectivity index (χ4v) is 1.63. The largest absolute Gasteiger partial charge is 0.292 e. The number of aryl methyl sites for hydroxylation is 1. The van der Waals surface area contributed by atoms with Crippen LogP contribution in [0.15, 0.2) is 30.6 Å². The molecule has 0 N–H and O–H groups in total. The van der Waals surface area contributed by atoms with Crippen molar-refractivity contribution in [1.29, 1.82) is 0 Å². The highest BCUT2D eigenvalue weighted by molar-refractivity contribution is 6.14. The van der Waals surface area contributed by atoms with E-state index >= 15 is 0 Å². The zero-order valence-electron chi connectivity index (χ0n) is 10.5. The molecule has 2 rings (SSSR count). The number of pyridine rings is 1. The number of rotatable bonds is 4. The molecule has 0 radical (unpaired) electrons. The van der Waals surface area contributed by atoms with Crippen molar-refractivity contribution in [3.05, 3.63) is 47.8 Å². The van der Waals surface area contributed by atoms with Crippen molar-refractivity contribution in [1.82, 2.24) is 14.8 Å². The maximum Gasteiger partial charge on any atom is 0.193 e. The summed E-state index contributed by atoms with van der Waals surface area (Å²) < 4.78 is 14.2. The zero-order valence-corrected chi connectivity index (χ0v) is 10.5. The molecule has 6 heteroatoms. The minimum Gasteiger partial charge on any atom is -0.292 e. The summed E-state index contributed by atoms with van der Waals surface area (Å²) in [4.78, 5) is 27.8. The molecule has 0 bridgehead atoms. The van der Waals surface area contributed by atoms with Gasteiger partial charge in [-0.15, -0.1) is 0 Å². The quantitative estimate of drug-likeness (QED) is 0.620. The summed E-state index contributed by atoms with van der Waals surface area (Å²) in [6.45, 7) is 1.49. The Kier molecular flexibility index (Phi) is 3.50. The minimum atomic E-state index is -0.895. The lowest BCUT2D eigenvalue weighted by atomic mass is 9.96. The molecule has 98 valence electrons. The first kappa shape index (κ1) is 13.1. The molecule has 2 aromatic rings. The van der Waals surface area contributed by atoms with Gasteiger partial charge in [-0.05, 0) is 25.1 Å². The number of aromatic nitrogens is 3. The summed E-state index contributed by atoms with van der Waals surface area (Å²) >= 11 is 0. The molecule has 0 amide bonds. The van der Waals surface area contributed by atoms with E-state index in [0.717, 1.165) is 12.3 Å². The van der Waals surface area contributed by atoms with E-state index in [0.29, 0.717) is 0 Å². The van der Waals surface area contributed by atoms with Gasteiger partial charge in [0.15, 0.2) is 11.6 Å². The summed E-state index contributed by atoms with van der Waals surface area (Å²) in [5.41, 5.74) is 0.295. The highest BCUT2D eigenvalue weighted by Crippen LogP contribution is 2.12. The lowest BCUT2D eigenvalue weighted by Gasteiger charge is -2.07. The van der Waals surface area contributed by atoms with Crippen LogP contribution in [0.1, 0.15) is 27.9 Å². The van der Waals surface area contributed by atoms with Crippen LogP contribution in [-0.2, 0) is 7.05 Å². The molecule has 0 spiro atoms. The Morgan fingerprint density at radius 1 is 1.21 bits per heavy atom. The van der Waals surface area contributed by atoms with Gasteiger partial charge in [-0.25, -0.2) is 4.39 Å². The van der Waals surface area contributed by atoms with Crippen molar-refractivity contribution < 1.29 is 14.0 Å². The van der Waals surface area contributed by atoms with Crippen molar-refractivity contribution in [2.75, 3.05) is 0 Å². The fourth-order valence-electron chi connectivity index (χ4n) is 1.63. The predicted octanol–water partition coefficient (Wildman–Crippen LogP) is 1.66. The molecule has 0 saturated carbocycles. The Labute approximate surface area is 109 Å². The molecule has 0 aromatic carbocycles. The summed E-state index contributed by atoms with van der Waals surface area (Å²) in [5, 5.41) is 3.96. The van der Waals surface area contributed by atoms with Gasteiger partial charge in [0.2, 0.25) is 0 Å². The van der Waals surface area contributed by atoms with E-state index in [1.54, 1.807) is 19.3 Å². The Balaban J connectivity index is 2.19. The molecule has 0 aliphatic rings. The van der Waals surface area contributed by atoms with E-state index in [1.807, 2.05) is 0 Å². The average molecular weight is 261 g/mol. The van der Waals surface area contributed by atoms with Crippen LogP contribution >= 0.6 is 0 Å². The molecule has 0 saturated heterocycles. The Bertz CT molecular complexity index is 619. The molecule has 1 atom stereocenters. The van der Waals surface area contributed by atoms with Crippen LogP contribution in [-0.4, -0.2) is 26.3 Å². The van der Waals surface area contributed by atoms with Gasteiger partial charge in [0.25, 0.3) is 0 Å². The zero-order chi connectivity index (χ0) is 14.0. The molecule has 19 heavy (non-hydrogen) atoms. The van der Waals surface area contributed by atoms with Gasteiger partial charge in [0.05, 0.1) is 12.1 Å². The van der Waals surface area contributed by atoms with Crippen LogP contribution in [0.4, 0.5) is 4.39 Å². The van der Waals surface area contributed by atoms with E-state index in [9.17, 15) is 14.0 Å². The van der Waals surface area contributed by atoms with Crippen LogP contribution in [0, 0.1) is 11.7 Å². The number of nitrogens with zero attached hydrogens (tertiary/aromatic N) is 3. The summed E-state index contributed by atoms with van der Waals surface area (Å²) in [5.74, 6) is -2.25. The molecular weight excluding hydrogens is 249 g/mol. The second-order valence-corrected chi connectivity index (χ2v) is 4.19. The van der Waals surface area contributed by atoms with Gasteiger partial charge in [-0.3, -0.25) is 19.3 Å². The summed E-state index contributed by atoms with van der Waals surface area (Å²) in [7, 11) is 1.69. The maximum atomic E-state index is 12.7. The number of carbonyl (C=O) groups excluding carboxylic acids is 2. The summed E-state index contributed by atoms with van der Waals surface area (Å²) in [6.07, 6.45) is 2.58. The number of ketones is 2. The Morgan fingerprint density at radius 2 is 1.89 bits per heavy atom. The SMILES string of the molecule is CC(C(=O)c1ccc(F)cn1)C(=O)c1ccn(C)n1. The van der Waals surface area contributed by atoms with E-state index in [-0.39, 0.29) is 17.2 Å². The monoisotopic (exact) mass is 261 g/mol. The van der Waals surface area contributed by atoms with Crippen molar-refractivity contribution in [2.45, 2.75) is 6.92 Å². The molecule has 2 heterocycles. The van der Waals surface area contributed by atoms with Gasteiger partial charge >= 0.3 is 0 Å². The first-order chi connectivity index (χ1) is 8.99. The first-order valence-corrected chi connectivity index (χ1v) is 5.68. The highest BCUT2D eigenvalue weighted by atomic mass is 19.1. The lowest BCUT2D eigenvalue weighted by Crippen LogP contribution is -2.22. The molecule has 2 aromatic heterocycles. The standard InChI is InChI=1S/C13H12FN3O2/c1-8(13(19)11-5-6-17(2)16-11)12(18)10-4-3-9(14)7-15-10/h3-8H,1-2H3. The van der Waals surface area contributed by atoms with E-state index < -0.39 is 17.5 Å². The van der Waals surface area contributed by atoms with Crippen LogP contribution in [0.3, 0.4) is 0 Å². The molecule has 0 aliphatic heterocycles. The predicted molar refractivity (Wildman–Crippen MR) is 65.2 cm³/mol. The van der Waals surface area contributed by atoms with Crippen molar-refractivity contribution in [3.63, 3.8) is 0 Å². The normalized spacial score (nSPS) is 12.2. The molecule has 0 fully saturated rings. The number of halogens is 1.